The highest BCUT2D eigenvalue weighted by Gasteiger charge is 2.23. The van der Waals surface area contributed by atoms with Crippen molar-refractivity contribution in [2.24, 2.45) is 5.92 Å². The molecule has 2 N–H and O–H groups in total. The highest BCUT2D eigenvalue weighted by atomic mass is 16.3. The van der Waals surface area contributed by atoms with Crippen molar-refractivity contribution in [2.45, 2.75) is 38.7 Å². The van der Waals surface area contributed by atoms with Crippen molar-refractivity contribution in [3.05, 3.63) is 0 Å². The van der Waals surface area contributed by atoms with Crippen molar-refractivity contribution in [3.8, 4) is 0 Å². The van der Waals surface area contributed by atoms with Crippen LogP contribution in [0.25, 0.3) is 0 Å². The van der Waals surface area contributed by atoms with E-state index in [0.29, 0.717) is 13.1 Å². The van der Waals surface area contributed by atoms with Gasteiger partial charge in [0.05, 0.1) is 6.10 Å². The second-order valence-corrected chi connectivity index (χ2v) is 4.31. The van der Waals surface area contributed by atoms with Gasteiger partial charge in [0.25, 0.3) is 0 Å². The van der Waals surface area contributed by atoms with Crippen LogP contribution in [-0.2, 0) is 0 Å². The molecule has 1 aliphatic rings. The third-order valence-electron chi connectivity index (χ3n) is 3.21. The van der Waals surface area contributed by atoms with Crippen molar-refractivity contribution in [1.82, 2.24) is 10.2 Å². The van der Waals surface area contributed by atoms with Crippen molar-refractivity contribution in [3.63, 3.8) is 0 Å². The molecule has 1 aliphatic carbocycles. The molecule has 0 heterocycles. The highest BCUT2D eigenvalue weighted by Crippen LogP contribution is 2.23. The van der Waals surface area contributed by atoms with Crippen LogP contribution in [0.15, 0.2) is 0 Å². The van der Waals surface area contributed by atoms with Crippen LogP contribution in [0, 0.1) is 5.92 Å². The average Bonchev–Trinajstić information content (AvgIpc) is 2.26. The molecule has 2 amide bonds. The van der Waals surface area contributed by atoms with Gasteiger partial charge in [-0.25, -0.2) is 4.79 Å². The minimum Gasteiger partial charge on any atom is -0.393 e. The summed E-state index contributed by atoms with van der Waals surface area (Å²) in [6, 6.07) is -0.0460. The Bertz CT molecular complexity index is 209. The van der Waals surface area contributed by atoms with Gasteiger partial charge in [-0.05, 0) is 19.8 Å². The molecule has 0 radical (unpaired) electrons. The molecule has 1 fully saturated rings. The lowest BCUT2D eigenvalue weighted by Gasteiger charge is -2.28. The van der Waals surface area contributed by atoms with Gasteiger partial charge >= 0.3 is 6.03 Å². The van der Waals surface area contributed by atoms with Gasteiger partial charge in [0.15, 0.2) is 0 Å². The van der Waals surface area contributed by atoms with Gasteiger partial charge in [0.2, 0.25) is 0 Å². The number of carbonyl (C=O) groups excluding carboxylic acids is 1. The molecular weight excluding hydrogens is 192 g/mol. The molecule has 0 aliphatic heterocycles. The van der Waals surface area contributed by atoms with Crippen LogP contribution in [0.1, 0.15) is 32.6 Å². The number of nitrogens with zero attached hydrogens (tertiary/aromatic N) is 1. The van der Waals surface area contributed by atoms with E-state index >= 15 is 0 Å². The fourth-order valence-corrected chi connectivity index (χ4v) is 1.92. The molecule has 88 valence electrons. The molecule has 0 aromatic heterocycles. The van der Waals surface area contributed by atoms with E-state index in [-0.39, 0.29) is 18.1 Å². The zero-order valence-electron chi connectivity index (χ0n) is 9.70. The highest BCUT2D eigenvalue weighted by molar-refractivity contribution is 5.73. The molecule has 2 atom stereocenters. The largest absolute Gasteiger partial charge is 0.393 e. The van der Waals surface area contributed by atoms with Gasteiger partial charge in [0.1, 0.15) is 0 Å². The summed E-state index contributed by atoms with van der Waals surface area (Å²) in [4.78, 5) is 13.1. The number of amides is 2. The molecule has 0 bridgehead atoms. The van der Waals surface area contributed by atoms with Gasteiger partial charge in [-0.1, -0.05) is 12.8 Å². The Labute approximate surface area is 91.6 Å². The second kappa shape index (κ2) is 5.95. The lowest BCUT2D eigenvalue weighted by Crippen LogP contribution is -2.42. The number of aliphatic hydroxyl groups excluding tert-OH is 1. The Kier molecular flexibility index (Phi) is 4.88. The van der Waals surface area contributed by atoms with Gasteiger partial charge in [-0.3, -0.25) is 0 Å². The molecule has 2 unspecified atom stereocenters. The second-order valence-electron chi connectivity index (χ2n) is 4.31. The van der Waals surface area contributed by atoms with Gasteiger partial charge in [-0.15, -0.1) is 0 Å². The average molecular weight is 214 g/mol. The van der Waals surface area contributed by atoms with Crippen LogP contribution >= 0.6 is 0 Å². The van der Waals surface area contributed by atoms with Gasteiger partial charge in [-0.2, -0.15) is 0 Å². The number of carbonyl (C=O) groups is 1. The predicted molar refractivity (Wildman–Crippen MR) is 59.7 cm³/mol. The van der Waals surface area contributed by atoms with Crippen molar-refractivity contribution < 1.29 is 9.90 Å². The molecule has 0 aromatic rings. The van der Waals surface area contributed by atoms with Crippen LogP contribution in [0.3, 0.4) is 0 Å². The Morgan fingerprint density at radius 3 is 2.73 bits per heavy atom. The first kappa shape index (κ1) is 12.3. The Morgan fingerprint density at radius 1 is 1.47 bits per heavy atom. The minimum atomic E-state index is -0.231. The van der Waals surface area contributed by atoms with Crippen LogP contribution < -0.4 is 5.32 Å². The van der Waals surface area contributed by atoms with Crippen LogP contribution in [0.4, 0.5) is 4.79 Å². The fourth-order valence-electron chi connectivity index (χ4n) is 1.92. The maximum absolute atomic E-state index is 11.5. The number of rotatable bonds is 3. The molecule has 4 heteroatoms. The number of aliphatic hydroxyl groups is 1. The van der Waals surface area contributed by atoms with Gasteiger partial charge < -0.3 is 15.3 Å². The summed E-state index contributed by atoms with van der Waals surface area (Å²) in [5, 5.41) is 12.6. The first-order valence-corrected chi connectivity index (χ1v) is 5.82. The molecular formula is C11H22N2O2. The Morgan fingerprint density at radius 2 is 2.13 bits per heavy atom. The summed E-state index contributed by atoms with van der Waals surface area (Å²) in [7, 11) is 1.77. The molecule has 0 aromatic carbocycles. The number of nitrogens with one attached hydrogen (secondary N) is 1. The van der Waals surface area contributed by atoms with Crippen molar-refractivity contribution in [2.75, 3.05) is 20.1 Å². The first-order valence-electron chi connectivity index (χ1n) is 5.82. The molecule has 1 saturated carbocycles. The van der Waals surface area contributed by atoms with Gasteiger partial charge in [0, 0.05) is 26.1 Å². The standard InChI is InChI=1S/C11H22N2O2/c1-3-13(2)11(15)12-8-9-6-4-5-7-10(9)14/h9-10,14H,3-8H2,1-2H3,(H,12,15). The summed E-state index contributed by atoms with van der Waals surface area (Å²) in [6.07, 6.45) is 3.95. The summed E-state index contributed by atoms with van der Waals surface area (Å²) in [5.74, 6) is 0.243. The van der Waals surface area contributed by atoms with E-state index in [1.54, 1.807) is 11.9 Å². The SMILES string of the molecule is CCN(C)C(=O)NCC1CCCCC1O. The molecule has 1 rings (SSSR count). The summed E-state index contributed by atoms with van der Waals surface area (Å²) in [5.41, 5.74) is 0. The Hall–Kier alpha value is -0.770. The molecule has 15 heavy (non-hydrogen) atoms. The van der Waals surface area contributed by atoms with E-state index in [9.17, 15) is 9.90 Å². The fraction of sp³-hybridized carbons (Fsp3) is 0.909. The smallest absolute Gasteiger partial charge is 0.317 e. The van der Waals surface area contributed by atoms with Crippen LogP contribution in [0.5, 0.6) is 0 Å². The first-order chi connectivity index (χ1) is 7.15. The maximum Gasteiger partial charge on any atom is 0.317 e. The molecule has 0 spiro atoms. The van der Waals surface area contributed by atoms with E-state index < -0.39 is 0 Å². The maximum atomic E-state index is 11.5. The molecule has 4 nitrogen and oxygen atoms in total. The summed E-state index contributed by atoms with van der Waals surface area (Å²) in [6.45, 7) is 3.25. The quantitative estimate of drug-likeness (QED) is 0.741. The predicted octanol–water partition coefficient (Wildman–Crippen LogP) is 1.20. The lowest BCUT2D eigenvalue weighted by atomic mass is 9.86. The number of hydrogen-bond acceptors (Lipinski definition) is 2. The van der Waals surface area contributed by atoms with E-state index in [1.165, 1.54) is 6.42 Å². The van der Waals surface area contributed by atoms with E-state index in [1.807, 2.05) is 6.92 Å². The van der Waals surface area contributed by atoms with E-state index in [2.05, 4.69) is 5.32 Å². The van der Waals surface area contributed by atoms with E-state index in [0.717, 1.165) is 19.3 Å². The van der Waals surface area contributed by atoms with Crippen LogP contribution in [-0.4, -0.2) is 42.3 Å². The number of hydrogen-bond donors (Lipinski definition) is 2. The topological polar surface area (TPSA) is 52.6 Å². The monoisotopic (exact) mass is 214 g/mol. The zero-order chi connectivity index (χ0) is 11.3. The summed E-state index contributed by atoms with van der Waals surface area (Å²) < 4.78 is 0. The van der Waals surface area contributed by atoms with Crippen molar-refractivity contribution in [1.29, 1.82) is 0 Å². The summed E-state index contributed by atoms with van der Waals surface area (Å²) >= 11 is 0. The number of urea groups is 1. The normalized spacial score (nSPS) is 26.1. The Balaban J connectivity index is 2.26. The third-order valence-corrected chi connectivity index (χ3v) is 3.21. The third kappa shape index (κ3) is 3.70. The lowest BCUT2D eigenvalue weighted by molar-refractivity contribution is 0.0702. The minimum absolute atomic E-state index is 0.0460. The zero-order valence-corrected chi connectivity index (χ0v) is 9.70. The van der Waals surface area contributed by atoms with Crippen molar-refractivity contribution >= 4 is 6.03 Å². The van der Waals surface area contributed by atoms with E-state index in [4.69, 9.17) is 0 Å². The van der Waals surface area contributed by atoms with Crippen LogP contribution in [0.2, 0.25) is 0 Å². The molecule has 0 saturated heterocycles.